The Morgan fingerprint density at radius 1 is 1.60 bits per heavy atom. The molecule has 1 aromatic rings. The first kappa shape index (κ1) is 14.8. The molecule has 1 amide bonds. The lowest BCUT2D eigenvalue weighted by Gasteiger charge is -2.31. The smallest absolute Gasteiger partial charge is 0.227 e. The van der Waals surface area contributed by atoms with Crippen LogP contribution in [-0.4, -0.2) is 34.8 Å². The molecule has 1 atom stereocenters. The molecule has 1 unspecified atom stereocenters. The zero-order chi connectivity index (χ0) is 14.7. The molecule has 6 heteroatoms. The van der Waals surface area contributed by atoms with E-state index in [1.54, 1.807) is 11.0 Å². The van der Waals surface area contributed by atoms with Crippen molar-refractivity contribution in [1.82, 2.24) is 4.90 Å². The average Bonchev–Trinajstić information content (AvgIpc) is 2.42. The fraction of sp³-hybridized carbons (Fsp3) is 0.429. The highest BCUT2D eigenvalue weighted by molar-refractivity contribution is 6.31. The predicted octanol–water partition coefficient (Wildman–Crippen LogP) is 2.72. The lowest BCUT2D eigenvalue weighted by molar-refractivity contribution is -0.131. The van der Waals surface area contributed by atoms with Crippen molar-refractivity contribution in [3.8, 4) is 0 Å². The Bertz CT molecular complexity index is 528. The zero-order valence-electron chi connectivity index (χ0n) is 11.1. The van der Waals surface area contributed by atoms with Crippen LogP contribution >= 0.6 is 11.6 Å². The Labute approximate surface area is 121 Å². The summed E-state index contributed by atoms with van der Waals surface area (Å²) in [5.41, 5.74) is 0.923. The Morgan fingerprint density at radius 3 is 2.95 bits per heavy atom. The summed E-state index contributed by atoms with van der Waals surface area (Å²) in [6.07, 6.45) is 0.484. The fourth-order valence-corrected chi connectivity index (χ4v) is 2.59. The Morgan fingerprint density at radius 2 is 2.35 bits per heavy atom. The van der Waals surface area contributed by atoms with Crippen LogP contribution in [0, 0.1) is 11.7 Å². The second-order valence-corrected chi connectivity index (χ2v) is 5.37. The van der Waals surface area contributed by atoms with Crippen molar-refractivity contribution >= 4 is 23.2 Å². The third-order valence-electron chi connectivity index (χ3n) is 3.57. The number of nitrogens with zero attached hydrogens (tertiary/aromatic N) is 2. The highest BCUT2D eigenvalue weighted by Crippen LogP contribution is 2.21. The number of piperidine rings is 1. The number of amides is 1. The molecule has 1 aliphatic heterocycles. The van der Waals surface area contributed by atoms with Gasteiger partial charge in [0.2, 0.25) is 5.91 Å². The molecular weight excluding hydrogens is 283 g/mol. The molecule has 2 rings (SSSR count). The van der Waals surface area contributed by atoms with Crippen molar-refractivity contribution in [2.24, 2.45) is 11.1 Å². The van der Waals surface area contributed by atoms with E-state index in [9.17, 15) is 9.18 Å². The molecule has 4 nitrogen and oxygen atoms in total. The first-order chi connectivity index (χ1) is 9.52. The normalized spacial score (nSPS) is 21.2. The molecule has 0 aromatic heterocycles. The van der Waals surface area contributed by atoms with E-state index in [4.69, 9.17) is 16.8 Å². The SMILES string of the molecule is CC1CN(C(=O)Cc2c(F)cccc2Cl)CC/C1=N\O. The number of carbonyl (C=O) groups is 1. The Balaban J connectivity index is 2.06. The lowest BCUT2D eigenvalue weighted by atomic mass is 9.97. The van der Waals surface area contributed by atoms with Gasteiger partial charge in [0.25, 0.3) is 0 Å². The van der Waals surface area contributed by atoms with Crippen LogP contribution in [0.3, 0.4) is 0 Å². The van der Waals surface area contributed by atoms with Crippen LogP contribution in [-0.2, 0) is 11.2 Å². The number of likely N-dealkylation sites (tertiary alicyclic amines) is 1. The van der Waals surface area contributed by atoms with Crippen molar-refractivity contribution < 1.29 is 14.4 Å². The summed E-state index contributed by atoms with van der Waals surface area (Å²) in [6.45, 7) is 2.85. The highest BCUT2D eigenvalue weighted by Gasteiger charge is 2.26. The van der Waals surface area contributed by atoms with Crippen molar-refractivity contribution in [2.75, 3.05) is 13.1 Å². The summed E-state index contributed by atoms with van der Waals surface area (Å²) in [5, 5.41) is 12.3. The zero-order valence-corrected chi connectivity index (χ0v) is 11.9. The van der Waals surface area contributed by atoms with E-state index in [0.29, 0.717) is 25.2 Å². The molecular formula is C14H16ClFN2O2. The number of halogens is 2. The number of oxime groups is 1. The monoisotopic (exact) mass is 298 g/mol. The van der Waals surface area contributed by atoms with Gasteiger partial charge in [-0.1, -0.05) is 29.7 Å². The summed E-state index contributed by atoms with van der Waals surface area (Å²) in [5.74, 6) is -0.622. The molecule has 0 saturated carbocycles. The third kappa shape index (κ3) is 3.10. The second-order valence-electron chi connectivity index (χ2n) is 4.96. The number of hydrogen-bond donors (Lipinski definition) is 1. The van der Waals surface area contributed by atoms with Gasteiger partial charge in [0, 0.05) is 36.0 Å². The van der Waals surface area contributed by atoms with E-state index in [-0.39, 0.29) is 28.8 Å². The minimum absolute atomic E-state index is 0.00814. The molecule has 1 aliphatic rings. The van der Waals surface area contributed by atoms with Gasteiger partial charge in [0.05, 0.1) is 12.1 Å². The minimum atomic E-state index is -0.464. The van der Waals surface area contributed by atoms with Crippen LogP contribution in [0.1, 0.15) is 18.9 Å². The van der Waals surface area contributed by atoms with Gasteiger partial charge in [-0.05, 0) is 12.1 Å². The molecule has 20 heavy (non-hydrogen) atoms. The van der Waals surface area contributed by atoms with Gasteiger partial charge in [0.1, 0.15) is 5.82 Å². The molecule has 1 N–H and O–H groups in total. The molecule has 1 fully saturated rings. The van der Waals surface area contributed by atoms with Crippen molar-refractivity contribution in [1.29, 1.82) is 0 Å². The first-order valence-electron chi connectivity index (χ1n) is 6.44. The average molecular weight is 299 g/mol. The van der Waals surface area contributed by atoms with Crippen LogP contribution in [0.4, 0.5) is 4.39 Å². The van der Waals surface area contributed by atoms with Gasteiger partial charge in [-0.2, -0.15) is 0 Å². The van der Waals surface area contributed by atoms with Crippen LogP contribution in [0.5, 0.6) is 0 Å². The maximum Gasteiger partial charge on any atom is 0.227 e. The van der Waals surface area contributed by atoms with Crippen molar-refractivity contribution in [3.05, 3.63) is 34.6 Å². The number of benzene rings is 1. The molecule has 108 valence electrons. The van der Waals surface area contributed by atoms with Gasteiger partial charge in [-0.15, -0.1) is 0 Å². The predicted molar refractivity (Wildman–Crippen MR) is 74.7 cm³/mol. The standard InChI is InChI=1S/C14H16ClFN2O2/c1-9-8-18(6-5-13(9)17-20)14(19)7-10-11(15)3-2-4-12(10)16/h2-4,9,20H,5-8H2,1H3/b17-13+. The van der Waals surface area contributed by atoms with Gasteiger partial charge in [-0.3, -0.25) is 4.79 Å². The van der Waals surface area contributed by atoms with Gasteiger partial charge in [0.15, 0.2) is 0 Å². The van der Waals surface area contributed by atoms with Gasteiger partial charge in [-0.25, -0.2) is 4.39 Å². The van der Waals surface area contributed by atoms with E-state index >= 15 is 0 Å². The van der Waals surface area contributed by atoms with Gasteiger partial charge < -0.3 is 10.1 Å². The summed E-state index contributed by atoms with van der Waals surface area (Å²) in [7, 11) is 0. The van der Waals surface area contributed by atoms with E-state index in [1.807, 2.05) is 6.92 Å². The molecule has 1 aromatic carbocycles. The quantitative estimate of drug-likeness (QED) is 0.674. The van der Waals surface area contributed by atoms with Crippen LogP contribution < -0.4 is 0 Å². The summed E-state index contributed by atoms with van der Waals surface area (Å²) in [4.78, 5) is 13.9. The summed E-state index contributed by atoms with van der Waals surface area (Å²) < 4.78 is 13.7. The maximum atomic E-state index is 13.7. The number of hydrogen-bond acceptors (Lipinski definition) is 3. The Hall–Kier alpha value is -1.62. The molecule has 0 bridgehead atoms. The summed E-state index contributed by atoms with van der Waals surface area (Å²) >= 11 is 5.92. The van der Waals surface area contributed by atoms with Crippen molar-refractivity contribution in [2.45, 2.75) is 19.8 Å². The largest absolute Gasteiger partial charge is 0.411 e. The summed E-state index contributed by atoms with van der Waals surface area (Å²) in [6, 6.07) is 4.38. The molecule has 0 spiro atoms. The molecule has 0 aliphatic carbocycles. The first-order valence-corrected chi connectivity index (χ1v) is 6.82. The van der Waals surface area contributed by atoms with E-state index < -0.39 is 5.82 Å². The van der Waals surface area contributed by atoms with Crippen molar-refractivity contribution in [3.63, 3.8) is 0 Å². The minimum Gasteiger partial charge on any atom is -0.411 e. The van der Waals surface area contributed by atoms with Crippen LogP contribution in [0.25, 0.3) is 0 Å². The Kier molecular flexibility index (Phi) is 4.60. The topological polar surface area (TPSA) is 52.9 Å². The van der Waals surface area contributed by atoms with Crippen LogP contribution in [0.15, 0.2) is 23.4 Å². The highest BCUT2D eigenvalue weighted by atomic mass is 35.5. The fourth-order valence-electron chi connectivity index (χ4n) is 2.36. The van der Waals surface area contributed by atoms with E-state index in [0.717, 1.165) is 0 Å². The maximum absolute atomic E-state index is 13.7. The number of carbonyl (C=O) groups excluding carboxylic acids is 1. The molecule has 1 heterocycles. The second kappa shape index (κ2) is 6.22. The third-order valence-corrected chi connectivity index (χ3v) is 3.93. The van der Waals surface area contributed by atoms with E-state index in [2.05, 4.69) is 5.16 Å². The number of rotatable bonds is 2. The van der Waals surface area contributed by atoms with Gasteiger partial charge >= 0.3 is 0 Å². The lowest BCUT2D eigenvalue weighted by Crippen LogP contribution is -2.44. The van der Waals surface area contributed by atoms with Crippen LogP contribution in [0.2, 0.25) is 5.02 Å². The van der Waals surface area contributed by atoms with E-state index in [1.165, 1.54) is 12.1 Å². The molecule has 0 radical (unpaired) electrons. The molecule has 1 saturated heterocycles.